The summed E-state index contributed by atoms with van der Waals surface area (Å²) in [4.78, 5) is 19.3. The molecule has 2 atom stereocenters. The van der Waals surface area contributed by atoms with Crippen LogP contribution in [0.15, 0.2) is 36.9 Å². The molecule has 6 heteroatoms. The van der Waals surface area contributed by atoms with Gasteiger partial charge in [-0.3, -0.25) is 4.79 Å². The number of nitrogens with zero attached hydrogens (tertiary/aromatic N) is 4. The van der Waals surface area contributed by atoms with Gasteiger partial charge in [0.2, 0.25) is 0 Å². The maximum atomic E-state index is 13.3. The van der Waals surface area contributed by atoms with E-state index < -0.39 is 0 Å². The van der Waals surface area contributed by atoms with Crippen molar-refractivity contribution in [2.75, 3.05) is 26.8 Å². The molecule has 1 aliphatic heterocycles. The van der Waals surface area contributed by atoms with Crippen molar-refractivity contribution in [2.24, 2.45) is 16.7 Å². The topological polar surface area (TPSA) is 60.2 Å². The van der Waals surface area contributed by atoms with Gasteiger partial charge in [0.15, 0.2) is 0 Å². The van der Waals surface area contributed by atoms with Crippen LogP contribution in [0.5, 0.6) is 0 Å². The van der Waals surface area contributed by atoms with Crippen molar-refractivity contribution in [1.29, 1.82) is 0 Å². The average Bonchev–Trinajstić information content (AvgIpc) is 3.21. The van der Waals surface area contributed by atoms with E-state index in [0.29, 0.717) is 11.5 Å². The maximum absolute atomic E-state index is 13.3. The minimum Gasteiger partial charge on any atom is -0.384 e. The summed E-state index contributed by atoms with van der Waals surface area (Å²) in [6.45, 7) is 6.86. The Labute approximate surface area is 147 Å². The van der Waals surface area contributed by atoms with Gasteiger partial charge in [0.1, 0.15) is 12.7 Å². The van der Waals surface area contributed by atoms with Gasteiger partial charge in [-0.1, -0.05) is 26.0 Å². The summed E-state index contributed by atoms with van der Waals surface area (Å²) in [5, 5.41) is 4.18. The Bertz CT molecular complexity index is 786. The molecule has 1 amide bonds. The van der Waals surface area contributed by atoms with Gasteiger partial charge < -0.3 is 9.64 Å². The lowest BCUT2D eigenvalue weighted by Crippen LogP contribution is -2.55. The Hall–Kier alpha value is -2.21. The van der Waals surface area contributed by atoms with E-state index in [1.165, 1.54) is 6.33 Å². The monoisotopic (exact) mass is 340 g/mol. The van der Waals surface area contributed by atoms with Crippen LogP contribution in [0.3, 0.4) is 0 Å². The number of methoxy groups -OCH3 is 1. The van der Waals surface area contributed by atoms with Crippen molar-refractivity contribution >= 4 is 5.91 Å². The number of aromatic nitrogens is 3. The van der Waals surface area contributed by atoms with Crippen molar-refractivity contribution < 1.29 is 9.53 Å². The number of fused-ring (bicyclic) bond motifs is 1. The number of carbonyl (C=O) groups excluding carboxylic acids is 1. The van der Waals surface area contributed by atoms with Crippen LogP contribution in [-0.4, -0.2) is 52.4 Å². The third kappa shape index (κ3) is 2.47. The van der Waals surface area contributed by atoms with Gasteiger partial charge in [-0.2, -0.15) is 5.10 Å². The van der Waals surface area contributed by atoms with Crippen LogP contribution >= 0.6 is 0 Å². The molecule has 0 spiro atoms. The number of hydrogen-bond acceptors (Lipinski definition) is 4. The zero-order valence-electron chi connectivity index (χ0n) is 15.0. The highest BCUT2D eigenvalue weighted by Gasteiger charge is 2.63. The van der Waals surface area contributed by atoms with Gasteiger partial charge in [0.25, 0.3) is 5.91 Å². The Kier molecular flexibility index (Phi) is 3.68. The van der Waals surface area contributed by atoms with E-state index in [4.69, 9.17) is 4.74 Å². The van der Waals surface area contributed by atoms with Crippen molar-refractivity contribution in [1.82, 2.24) is 19.7 Å². The first-order valence-corrected chi connectivity index (χ1v) is 8.69. The second-order valence-electron chi connectivity index (χ2n) is 8.06. The van der Waals surface area contributed by atoms with E-state index in [9.17, 15) is 4.79 Å². The molecule has 2 heterocycles. The van der Waals surface area contributed by atoms with Crippen LogP contribution in [0.25, 0.3) is 5.69 Å². The fourth-order valence-corrected chi connectivity index (χ4v) is 5.12. The third-order valence-corrected chi connectivity index (χ3v) is 5.92. The molecule has 0 N–H and O–H groups in total. The summed E-state index contributed by atoms with van der Waals surface area (Å²) in [6, 6.07) is 7.58. The smallest absolute Gasteiger partial charge is 0.256 e. The summed E-state index contributed by atoms with van der Waals surface area (Å²) in [6.07, 6.45) is 4.20. The standard InChI is InChI=1S/C19H24N4O2/c1-18(2)9-19(11-25-3)10-22(8-16(18)19)17(24)14-6-4-5-7-15(14)23-13-20-12-21-23/h4-7,12-13,16H,8-11H2,1-3H3/t16-,19-/m1/s1. The van der Waals surface area contributed by atoms with Crippen LogP contribution in [0.1, 0.15) is 30.6 Å². The van der Waals surface area contributed by atoms with Crippen LogP contribution < -0.4 is 0 Å². The van der Waals surface area contributed by atoms with E-state index in [1.807, 2.05) is 29.2 Å². The summed E-state index contributed by atoms with van der Waals surface area (Å²) in [7, 11) is 1.75. The number of carbonyl (C=O) groups is 1. The van der Waals surface area contributed by atoms with Crippen LogP contribution in [-0.2, 0) is 4.74 Å². The number of hydrogen-bond donors (Lipinski definition) is 0. The summed E-state index contributed by atoms with van der Waals surface area (Å²) >= 11 is 0. The Balaban J connectivity index is 1.63. The molecular formula is C19H24N4O2. The molecule has 6 nitrogen and oxygen atoms in total. The molecule has 2 aromatic rings. The Morgan fingerprint density at radius 2 is 2.16 bits per heavy atom. The molecule has 1 aliphatic carbocycles. The van der Waals surface area contributed by atoms with Gasteiger partial charge >= 0.3 is 0 Å². The largest absolute Gasteiger partial charge is 0.384 e. The minimum absolute atomic E-state index is 0.0618. The number of ether oxygens (including phenoxy) is 1. The summed E-state index contributed by atoms with van der Waals surface area (Å²) < 4.78 is 7.15. The van der Waals surface area contributed by atoms with Gasteiger partial charge in [-0.15, -0.1) is 0 Å². The summed E-state index contributed by atoms with van der Waals surface area (Å²) in [5.41, 5.74) is 1.80. The van der Waals surface area contributed by atoms with E-state index in [-0.39, 0.29) is 16.7 Å². The van der Waals surface area contributed by atoms with E-state index >= 15 is 0 Å². The fourth-order valence-electron chi connectivity index (χ4n) is 5.12. The molecule has 0 bridgehead atoms. The average molecular weight is 340 g/mol. The van der Waals surface area contributed by atoms with Crippen molar-refractivity contribution in [3.05, 3.63) is 42.5 Å². The number of para-hydroxylation sites is 1. The van der Waals surface area contributed by atoms with E-state index in [1.54, 1.807) is 18.1 Å². The minimum atomic E-state index is 0.0618. The predicted molar refractivity (Wildman–Crippen MR) is 93.5 cm³/mol. The highest BCUT2D eigenvalue weighted by molar-refractivity contribution is 5.98. The highest BCUT2D eigenvalue weighted by Crippen LogP contribution is 2.62. The number of rotatable bonds is 4. The number of benzene rings is 1. The summed E-state index contributed by atoms with van der Waals surface area (Å²) in [5.74, 6) is 0.550. The molecule has 2 aliphatic rings. The molecule has 1 saturated carbocycles. The zero-order valence-corrected chi connectivity index (χ0v) is 15.0. The normalized spacial score (nSPS) is 27.0. The maximum Gasteiger partial charge on any atom is 0.256 e. The molecule has 25 heavy (non-hydrogen) atoms. The second kappa shape index (κ2) is 5.66. The second-order valence-corrected chi connectivity index (χ2v) is 8.06. The van der Waals surface area contributed by atoms with Crippen molar-refractivity contribution in [3.8, 4) is 5.69 Å². The van der Waals surface area contributed by atoms with Gasteiger partial charge in [0, 0.05) is 25.6 Å². The number of amides is 1. The SMILES string of the molecule is COC[C@@]12CN(C(=O)c3ccccc3-n3cncn3)C[C@@H]1C(C)(C)C2. The van der Waals surface area contributed by atoms with Crippen LogP contribution in [0, 0.1) is 16.7 Å². The van der Waals surface area contributed by atoms with Gasteiger partial charge in [0.05, 0.1) is 17.9 Å². The van der Waals surface area contributed by atoms with Crippen LogP contribution in [0.2, 0.25) is 0 Å². The van der Waals surface area contributed by atoms with Gasteiger partial charge in [-0.25, -0.2) is 9.67 Å². The van der Waals surface area contributed by atoms with Crippen molar-refractivity contribution in [2.45, 2.75) is 20.3 Å². The molecule has 4 rings (SSSR count). The van der Waals surface area contributed by atoms with E-state index in [2.05, 4.69) is 23.9 Å². The molecule has 1 aromatic heterocycles. The lowest BCUT2D eigenvalue weighted by atomic mass is 9.48. The van der Waals surface area contributed by atoms with E-state index in [0.717, 1.165) is 31.8 Å². The lowest BCUT2D eigenvalue weighted by Gasteiger charge is -2.56. The molecule has 1 aromatic carbocycles. The third-order valence-electron chi connectivity index (χ3n) is 5.92. The molecule has 1 saturated heterocycles. The lowest BCUT2D eigenvalue weighted by molar-refractivity contribution is -0.107. The zero-order chi connectivity index (χ0) is 17.7. The van der Waals surface area contributed by atoms with Crippen LogP contribution in [0.4, 0.5) is 0 Å². The first kappa shape index (κ1) is 16.3. The fraction of sp³-hybridized carbons (Fsp3) is 0.526. The first-order chi connectivity index (χ1) is 12.0. The number of likely N-dealkylation sites (tertiary alicyclic amines) is 1. The predicted octanol–water partition coefficient (Wildman–Crippen LogP) is 2.40. The molecule has 0 radical (unpaired) electrons. The quantitative estimate of drug-likeness (QED) is 0.857. The molecular weight excluding hydrogens is 316 g/mol. The van der Waals surface area contributed by atoms with Crippen molar-refractivity contribution in [3.63, 3.8) is 0 Å². The first-order valence-electron chi connectivity index (χ1n) is 8.69. The Morgan fingerprint density at radius 1 is 1.36 bits per heavy atom. The molecule has 0 unspecified atom stereocenters. The molecule has 132 valence electrons. The Morgan fingerprint density at radius 3 is 2.84 bits per heavy atom. The highest BCUT2D eigenvalue weighted by atomic mass is 16.5. The van der Waals surface area contributed by atoms with Gasteiger partial charge in [-0.05, 0) is 29.9 Å². The molecule has 2 fully saturated rings.